The molecule has 3 aliphatic rings. The molecule has 2 fully saturated rings. The first kappa shape index (κ1) is 18.9. The molecule has 0 spiro atoms. The van der Waals surface area contributed by atoms with Crippen molar-refractivity contribution < 1.29 is 28.9 Å². The molecule has 26 heavy (non-hydrogen) atoms. The number of carbonyl (C=O) groups is 2. The quantitative estimate of drug-likeness (QED) is 0.351. The van der Waals surface area contributed by atoms with Gasteiger partial charge in [0.2, 0.25) is 0 Å². The number of aliphatic hydroxyl groups excluding tert-OH is 1. The number of ether oxygens (including phenoxy) is 3. The van der Waals surface area contributed by atoms with Gasteiger partial charge in [-0.15, -0.1) is 0 Å². The van der Waals surface area contributed by atoms with Gasteiger partial charge in [0.1, 0.15) is 12.2 Å². The summed E-state index contributed by atoms with van der Waals surface area (Å²) in [6, 6.07) is 0. The van der Waals surface area contributed by atoms with Crippen molar-refractivity contribution in [2.24, 2.45) is 5.92 Å². The number of epoxide rings is 1. The fourth-order valence-corrected chi connectivity index (χ4v) is 3.70. The number of aliphatic hydroxyl groups is 1. The predicted octanol–water partition coefficient (Wildman–Crippen LogP) is 2.22. The molecular formula is C20H26O6. The van der Waals surface area contributed by atoms with Gasteiger partial charge in [-0.1, -0.05) is 12.7 Å². The SMILES string of the molecule is C=C1C(=O)O[C@H]2/C=C(/C)[C@@H](O)C[C@H]3O[C@@]3(C)C[C@@H](OC(=O)/C(C)=C/C)[C@@H]12. The molecular weight excluding hydrogens is 336 g/mol. The number of hydrogen-bond donors (Lipinski definition) is 1. The van der Waals surface area contributed by atoms with Gasteiger partial charge in [-0.2, -0.15) is 0 Å². The zero-order valence-corrected chi connectivity index (χ0v) is 15.7. The van der Waals surface area contributed by atoms with Crippen LogP contribution in [0.1, 0.15) is 40.5 Å². The van der Waals surface area contributed by atoms with E-state index in [-0.39, 0.29) is 11.7 Å². The van der Waals surface area contributed by atoms with Gasteiger partial charge in [-0.3, -0.25) is 0 Å². The smallest absolute Gasteiger partial charge is 0.334 e. The lowest BCUT2D eigenvalue weighted by atomic mass is 9.82. The lowest BCUT2D eigenvalue weighted by Gasteiger charge is -2.29. The number of carbonyl (C=O) groups excluding carboxylic acids is 2. The maximum Gasteiger partial charge on any atom is 0.334 e. The molecule has 6 nitrogen and oxygen atoms in total. The third-order valence-corrected chi connectivity index (χ3v) is 5.71. The fraction of sp³-hybridized carbons (Fsp3) is 0.600. The molecule has 0 bridgehead atoms. The molecule has 0 unspecified atom stereocenters. The van der Waals surface area contributed by atoms with Crippen LogP contribution in [-0.4, -0.2) is 47.1 Å². The van der Waals surface area contributed by atoms with E-state index in [1.54, 1.807) is 32.9 Å². The van der Waals surface area contributed by atoms with Crippen LogP contribution in [0.15, 0.2) is 35.5 Å². The van der Waals surface area contributed by atoms with E-state index in [0.717, 1.165) is 0 Å². The normalized spacial score (nSPS) is 42.1. The Labute approximate surface area is 153 Å². The average molecular weight is 362 g/mol. The second-order valence-corrected chi connectivity index (χ2v) is 7.62. The number of esters is 2. The minimum atomic E-state index is -0.667. The number of hydrogen-bond acceptors (Lipinski definition) is 6. The van der Waals surface area contributed by atoms with Crippen molar-refractivity contribution in [2.45, 2.75) is 70.6 Å². The molecule has 0 aromatic carbocycles. The minimum Gasteiger partial charge on any atom is -0.458 e. The monoisotopic (exact) mass is 362 g/mol. The first-order valence-corrected chi connectivity index (χ1v) is 8.94. The molecule has 2 aliphatic heterocycles. The van der Waals surface area contributed by atoms with Gasteiger partial charge in [0.15, 0.2) is 0 Å². The molecule has 1 aliphatic carbocycles. The summed E-state index contributed by atoms with van der Waals surface area (Å²) in [6.45, 7) is 11.0. The average Bonchev–Trinajstić information content (AvgIpc) is 3.11. The highest BCUT2D eigenvalue weighted by atomic mass is 16.6. The molecule has 0 aromatic rings. The molecule has 0 saturated carbocycles. The summed E-state index contributed by atoms with van der Waals surface area (Å²) in [5.74, 6) is -1.43. The van der Waals surface area contributed by atoms with E-state index >= 15 is 0 Å². The van der Waals surface area contributed by atoms with Crippen molar-refractivity contribution in [3.05, 3.63) is 35.5 Å². The minimum absolute atomic E-state index is 0.118. The van der Waals surface area contributed by atoms with Gasteiger partial charge < -0.3 is 19.3 Å². The second-order valence-electron chi connectivity index (χ2n) is 7.62. The molecule has 2 saturated heterocycles. The molecule has 3 rings (SSSR count). The Balaban J connectivity index is 1.98. The summed E-state index contributed by atoms with van der Waals surface area (Å²) in [7, 11) is 0. The van der Waals surface area contributed by atoms with Crippen LogP contribution in [0, 0.1) is 5.92 Å². The summed E-state index contributed by atoms with van der Waals surface area (Å²) in [5.41, 5.74) is 0.974. The van der Waals surface area contributed by atoms with Crippen LogP contribution in [-0.2, 0) is 23.8 Å². The Morgan fingerprint density at radius 1 is 1.50 bits per heavy atom. The van der Waals surface area contributed by atoms with Crippen LogP contribution in [0.2, 0.25) is 0 Å². The van der Waals surface area contributed by atoms with Gasteiger partial charge in [0.25, 0.3) is 0 Å². The largest absolute Gasteiger partial charge is 0.458 e. The van der Waals surface area contributed by atoms with Gasteiger partial charge >= 0.3 is 11.9 Å². The Kier molecular flexibility index (Phi) is 4.84. The first-order valence-electron chi connectivity index (χ1n) is 8.94. The highest BCUT2D eigenvalue weighted by Crippen LogP contribution is 2.47. The number of allylic oxidation sites excluding steroid dienone is 1. The zero-order valence-electron chi connectivity index (χ0n) is 15.7. The molecule has 6 heteroatoms. The summed E-state index contributed by atoms with van der Waals surface area (Å²) in [4.78, 5) is 24.5. The van der Waals surface area contributed by atoms with Crippen molar-refractivity contribution in [3.8, 4) is 0 Å². The van der Waals surface area contributed by atoms with Gasteiger partial charge in [0, 0.05) is 24.0 Å². The molecule has 0 radical (unpaired) electrons. The van der Waals surface area contributed by atoms with E-state index in [4.69, 9.17) is 14.2 Å². The van der Waals surface area contributed by atoms with Gasteiger partial charge in [-0.05, 0) is 39.3 Å². The number of fused-ring (bicyclic) bond motifs is 2. The molecule has 142 valence electrons. The van der Waals surface area contributed by atoms with Crippen molar-refractivity contribution in [3.63, 3.8) is 0 Å². The van der Waals surface area contributed by atoms with Crippen LogP contribution >= 0.6 is 0 Å². The van der Waals surface area contributed by atoms with E-state index in [9.17, 15) is 14.7 Å². The van der Waals surface area contributed by atoms with Crippen molar-refractivity contribution >= 4 is 11.9 Å². The highest BCUT2D eigenvalue weighted by Gasteiger charge is 2.57. The lowest BCUT2D eigenvalue weighted by Crippen LogP contribution is -2.37. The molecule has 0 amide bonds. The summed E-state index contributed by atoms with van der Waals surface area (Å²) in [6.07, 6.45) is 2.29. The zero-order chi connectivity index (χ0) is 19.2. The maximum absolute atomic E-state index is 12.4. The van der Waals surface area contributed by atoms with E-state index in [1.807, 2.05) is 6.92 Å². The second kappa shape index (κ2) is 6.67. The van der Waals surface area contributed by atoms with Crippen LogP contribution in [0.25, 0.3) is 0 Å². The Morgan fingerprint density at radius 2 is 2.19 bits per heavy atom. The van der Waals surface area contributed by atoms with Gasteiger partial charge in [0.05, 0.1) is 23.7 Å². The third kappa shape index (κ3) is 3.35. The Hall–Kier alpha value is -1.92. The van der Waals surface area contributed by atoms with Crippen LogP contribution < -0.4 is 0 Å². The van der Waals surface area contributed by atoms with Crippen LogP contribution in [0.3, 0.4) is 0 Å². The number of rotatable bonds is 2. The molecule has 2 heterocycles. The predicted molar refractivity (Wildman–Crippen MR) is 94.1 cm³/mol. The molecule has 6 atom stereocenters. The summed E-state index contributed by atoms with van der Waals surface area (Å²) < 4.78 is 17.0. The summed E-state index contributed by atoms with van der Waals surface area (Å²) in [5, 5.41) is 10.4. The lowest BCUT2D eigenvalue weighted by molar-refractivity contribution is -0.148. The summed E-state index contributed by atoms with van der Waals surface area (Å²) >= 11 is 0. The fourth-order valence-electron chi connectivity index (χ4n) is 3.70. The van der Waals surface area contributed by atoms with Crippen molar-refractivity contribution in [1.82, 2.24) is 0 Å². The van der Waals surface area contributed by atoms with E-state index < -0.39 is 41.8 Å². The third-order valence-electron chi connectivity index (χ3n) is 5.71. The Morgan fingerprint density at radius 3 is 2.85 bits per heavy atom. The first-order chi connectivity index (χ1) is 12.2. The van der Waals surface area contributed by atoms with Crippen LogP contribution in [0.5, 0.6) is 0 Å². The van der Waals surface area contributed by atoms with E-state index in [1.165, 1.54) is 0 Å². The van der Waals surface area contributed by atoms with Gasteiger partial charge in [-0.25, -0.2) is 9.59 Å². The van der Waals surface area contributed by atoms with E-state index in [0.29, 0.717) is 24.0 Å². The Bertz CT molecular complexity index is 705. The topological polar surface area (TPSA) is 85.4 Å². The van der Waals surface area contributed by atoms with Crippen molar-refractivity contribution in [2.75, 3.05) is 0 Å². The molecule has 0 aromatic heterocycles. The maximum atomic E-state index is 12.4. The molecule has 1 N–H and O–H groups in total. The highest BCUT2D eigenvalue weighted by molar-refractivity contribution is 5.92. The van der Waals surface area contributed by atoms with Crippen LogP contribution in [0.4, 0.5) is 0 Å². The standard InChI is InChI=1S/C20H26O6/c1-6-10(2)18(22)25-15-9-20(5)16(26-20)8-13(21)11(3)7-14-17(15)12(4)19(23)24-14/h6-7,13-17,21H,4,8-9H2,1-3,5H3/b10-6+,11-7-/t13-,14-,15+,16+,17-,20-/m0/s1. The van der Waals surface area contributed by atoms with E-state index in [2.05, 4.69) is 6.58 Å². The van der Waals surface area contributed by atoms with Crippen molar-refractivity contribution in [1.29, 1.82) is 0 Å².